The Morgan fingerprint density at radius 1 is 1.10 bits per heavy atom. The molecule has 2 saturated heterocycles. The van der Waals surface area contributed by atoms with Gasteiger partial charge in [-0.25, -0.2) is 8.42 Å². The van der Waals surface area contributed by atoms with Gasteiger partial charge in [0.2, 0.25) is 0 Å². The second-order valence-electron chi connectivity index (χ2n) is 7.66. The lowest BCUT2D eigenvalue weighted by atomic mass is 10.1. The molecule has 0 aromatic heterocycles. The maximum absolute atomic E-state index is 12.8. The monoisotopic (exact) mass is 460 g/mol. The van der Waals surface area contributed by atoms with Crippen LogP contribution in [0, 0.1) is 6.92 Å². The van der Waals surface area contributed by atoms with Crippen LogP contribution in [0.4, 0.5) is 5.69 Å². The average Bonchev–Trinajstić information content (AvgIpc) is 3.19. The van der Waals surface area contributed by atoms with Crippen molar-refractivity contribution < 1.29 is 22.7 Å². The highest BCUT2D eigenvalue weighted by Crippen LogP contribution is 2.41. The molecular weight excluding hydrogens is 436 g/mol. The molecule has 0 bridgehead atoms. The lowest BCUT2D eigenvalue weighted by Crippen LogP contribution is -2.37. The third-order valence-corrected chi connectivity index (χ3v) is 8.61. The van der Waals surface area contributed by atoms with Gasteiger partial charge in [0.15, 0.2) is 26.5 Å². The van der Waals surface area contributed by atoms with Gasteiger partial charge >= 0.3 is 0 Å². The van der Waals surface area contributed by atoms with Crippen molar-refractivity contribution in [3.63, 3.8) is 0 Å². The van der Waals surface area contributed by atoms with Gasteiger partial charge in [-0.2, -0.15) is 4.99 Å². The molecule has 2 unspecified atom stereocenters. The first-order valence-electron chi connectivity index (χ1n) is 9.85. The maximum Gasteiger partial charge on any atom is 0.252 e. The van der Waals surface area contributed by atoms with E-state index in [4.69, 9.17) is 9.47 Å². The number of carbonyl (C=O) groups excluding carboxylic acids is 1. The zero-order chi connectivity index (χ0) is 22.2. The number of hydrogen-bond donors (Lipinski definition) is 0. The van der Waals surface area contributed by atoms with Gasteiger partial charge in [-0.3, -0.25) is 4.79 Å². The number of aryl methyl sites for hydroxylation is 1. The van der Waals surface area contributed by atoms with Crippen molar-refractivity contribution in [1.82, 2.24) is 0 Å². The van der Waals surface area contributed by atoms with Gasteiger partial charge in [0, 0.05) is 10.9 Å². The Morgan fingerprint density at radius 2 is 1.81 bits per heavy atom. The molecule has 0 spiro atoms. The number of anilines is 1. The van der Waals surface area contributed by atoms with Crippen molar-refractivity contribution in [2.45, 2.75) is 24.6 Å². The molecular formula is C22H24N2O5S2. The van der Waals surface area contributed by atoms with E-state index >= 15 is 0 Å². The molecule has 2 aromatic rings. The molecule has 2 fully saturated rings. The van der Waals surface area contributed by atoms with Crippen LogP contribution >= 0.6 is 11.8 Å². The van der Waals surface area contributed by atoms with Crippen molar-refractivity contribution in [1.29, 1.82) is 0 Å². The van der Waals surface area contributed by atoms with Crippen LogP contribution in [-0.4, -0.2) is 56.5 Å². The third kappa shape index (κ3) is 4.57. The molecule has 1 amide bonds. The van der Waals surface area contributed by atoms with Gasteiger partial charge in [-0.1, -0.05) is 35.5 Å². The number of rotatable bonds is 5. The highest BCUT2D eigenvalue weighted by atomic mass is 32.2. The summed E-state index contributed by atoms with van der Waals surface area (Å²) in [7, 11) is 0.00742. The normalized spacial score (nSPS) is 23.1. The lowest BCUT2D eigenvalue weighted by Gasteiger charge is -2.24. The quantitative estimate of drug-likeness (QED) is 0.678. The smallest absolute Gasteiger partial charge is 0.252 e. The number of amidine groups is 1. The van der Waals surface area contributed by atoms with Gasteiger partial charge in [0.25, 0.3) is 5.91 Å². The molecule has 0 N–H and O–H groups in total. The van der Waals surface area contributed by atoms with Gasteiger partial charge in [0.1, 0.15) is 0 Å². The minimum absolute atomic E-state index is 0.0709. The second-order valence-corrected chi connectivity index (χ2v) is 11.0. The molecule has 164 valence electrons. The first-order valence-corrected chi connectivity index (χ1v) is 12.5. The molecule has 7 nitrogen and oxygen atoms in total. The Morgan fingerprint density at radius 3 is 2.48 bits per heavy atom. The molecule has 2 aliphatic heterocycles. The van der Waals surface area contributed by atoms with Crippen LogP contribution in [0.1, 0.15) is 11.1 Å². The van der Waals surface area contributed by atoms with E-state index < -0.39 is 9.84 Å². The van der Waals surface area contributed by atoms with Crippen LogP contribution < -0.4 is 14.4 Å². The van der Waals surface area contributed by atoms with Crippen molar-refractivity contribution in [3.05, 3.63) is 53.6 Å². The van der Waals surface area contributed by atoms with E-state index in [-0.39, 0.29) is 35.1 Å². The minimum atomic E-state index is -3.10. The summed E-state index contributed by atoms with van der Waals surface area (Å²) in [6.07, 6.45) is 0.111. The van der Waals surface area contributed by atoms with Crippen LogP contribution in [0.2, 0.25) is 0 Å². The number of hydrogen-bond acceptors (Lipinski definition) is 6. The highest BCUT2D eigenvalue weighted by Gasteiger charge is 2.49. The van der Waals surface area contributed by atoms with Crippen LogP contribution in [-0.2, 0) is 21.1 Å². The highest BCUT2D eigenvalue weighted by molar-refractivity contribution is 8.16. The molecule has 9 heteroatoms. The molecule has 2 aliphatic rings. The number of methoxy groups -OCH3 is 2. The number of carbonyl (C=O) groups is 1. The van der Waals surface area contributed by atoms with E-state index in [1.165, 1.54) is 11.8 Å². The Bertz CT molecular complexity index is 1130. The molecule has 2 aromatic carbocycles. The lowest BCUT2D eigenvalue weighted by molar-refractivity contribution is -0.117. The topological polar surface area (TPSA) is 85.3 Å². The predicted molar refractivity (Wildman–Crippen MR) is 123 cm³/mol. The fraction of sp³-hybridized carbons (Fsp3) is 0.364. The van der Waals surface area contributed by atoms with Crippen molar-refractivity contribution >= 4 is 38.4 Å². The average molecular weight is 461 g/mol. The molecule has 0 radical (unpaired) electrons. The summed E-state index contributed by atoms with van der Waals surface area (Å²) in [5, 5.41) is 0.429. The largest absolute Gasteiger partial charge is 0.493 e. The number of nitrogens with zero attached hydrogens (tertiary/aromatic N) is 2. The van der Waals surface area contributed by atoms with Crippen LogP contribution in [0.25, 0.3) is 0 Å². The summed E-state index contributed by atoms with van der Waals surface area (Å²) >= 11 is 1.37. The van der Waals surface area contributed by atoms with E-state index in [9.17, 15) is 13.2 Å². The van der Waals surface area contributed by atoms with E-state index in [1.807, 2.05) is 36.1 Å². The summed E-state index contributed by atoms with van der Waals surface area (Å²) in [5.74, 6) is 1.02. The number of ether oxygens (including phenoxy) is 2. The molecule has 4 rings (SSSR count). The van der Waals surface area contributed by atoms with Crippen LogP contribution in [0.3, 0.4) is 0 Å². The first-order chi connectivity index (χ1) is 14.8. The summed E-state index contributed by atoms with van der Waals surface area (Å²) in [5.41, 5.74) is 2.72. The standard InChI is InChI=1S/C22H24N2O5S2/c1-14-4-7-16(8-5-14)24-17-12-31(26,27)13-20(17)30-22(24)23-21(25)11-15-6-9-18(28-2)19(10-15)29-3/h4-10,17,20H,11-13H2,1-3H3. The Kier molecular flexibility index (Phi) is 5.98. The molecule has 2 heterocycles. The zero-order valence-electron chi connectivity index (χ0n) is 17.6. The molecule has 0 aliphatic carbocycles. The SMILES string of the molecule is COc1ccc(CC(=O)N=C2SC3CS(=O)(=O)CC3N2c2ccc(C)cc2)cc1OC. The van der Waals surface area contributed by atoms with Gasteiger partial charge < -0.3 is 14.4 Å². The molecule has 0 saturated carbocycles. The van der Waals surface area contributed by atoms with E-state index in [2.05, 4.69) is 4.99 Å². The van der Waals surface area contributed by atoms with Crippen molar-refractivity contribution in [2.24, 2.45) is 4.99 Å². The summed E-state index contributed by atoms with van der Waals surface area (Å²) in [4.78, 5) is 19.1. The predicted octanol–water partition coefficient (Wildman–Crippen LogP) is 2.86. The Balaban J connectivity index is 1.60. The van der Waals surface area contributed by atoms with Gasteiger partial charge in [-0.15, -0.1) is 0 Å². The number of thioether (sulfide) groups is 1. The number of aliphatic imine (C=N–C) groups is 1. The third-order valence-electron chi connectivity index (χ3n) is 5.40. The first kappa shape index (κ1) is 21.7. The van der Waals surface area contributed by atoms with Crippen molar-refractivity contribution in [3.8, 4) is 11.5 Å². The van der Waals surface area contributed by atoms with Gasteiger partial charge in [0.05, 0.1) is 38.2 Å². The fourth-order valence-electron chi connectivity index (χ4n) is 3.88. The maximum atomic E-state index is 12.8. The molecule has 31 heavy (non-hydrogen) atoms. The zero-order valence-corrected chi connectivity index (χ0v) is 19.2. The number of sulfone groups is 1. The summed E-state index contributed by atoms with van der Waals surface area (Å²) in [6.45, 7) is 1.99. The van der Waals surface area contributed by atoms with Crippen LogP contribution in [0.5, 0.6) is 11.5 Å². The van der Waals surface area contributed by atoms with Crippen molar-refractivity contribution in [2.75, 3.05) is 30.6 Å². The number of benzene rings is 2. The van der Waals surface area contributed by atoms with E-state index in [1.54, 1.807) is 32.4 Å². The fourth-order valence-corrected chi connectivity index (χ4v) is 7.81. The van der Waals surface area contributed by atoms with E-state index in [0.717, 1.165) is 16.8 Å². The minimum Gasteiger partial charge on any atom is -0.493 e. The molecule has 2 atom stereocenters. The Labute approximate surface area is 186 Å². The summed E-state index contributed by atoms with van der Waals surface area (Å²) in [6, 6.07) is 12.9. The summed E-state index contributed by atoms with van der Waals surface area (Å²) < 4.78 is 34.9. The van der Waals surface area contributed by atoms with Crippen LogP contribution in [0.15, 0.2) is 47.5 Å². The second kappa shape index (κ2) is 8.55. The van der Waals surface area contributed by atoms with E-state index in [0.29, 0.717) is 16.7 Å². The Hall–Kier alpha value is -2.52. The number of fused-ring (bicyclic) bond motifs is 1. The van der Waals surface area contributed by atoms with Gasteiger partial charge in [-0.05, 0) is 36.8 Å². The number of amides is 1.